The number of H-pyrrole nitrogens is 1. The first-order valence-electron chi connectivity index (χ1n) is 9.67. The van der Waals surface area contributed by atoms with Crippen LogP contribution in [-0.2, 0) is 4.79 Å². The zero-order valence-electron chi connectivity index (χ0n) is 16.7. The van der Waals surface area contributed by atoms with E-state index in [1.807, 2.05) is 31.2 Å². The summed E-state index contributed by atoms with van der Waals surface area (Å²) in [4.78, 5) is 37.9. The highest BCUT2D eigenvalue weighted by atomic mass is 79.9. The molecule has 0 aliphatic rings. The number of aromatic carboxylic acids is 1. The number of benzene rings is 2. The van der Waals surface area contributed by atoms with Crippen LogP contribution in [0.4, 0.5) is 4.79 Å². The number of hydrazone groups is 1. The molecule has 9 heteroatoms. The molecule has 0 fully saturated rings. The zero-order chi connectivity index (χ0) is 22.4. The SMILES string of the molecule is CCCCC(=O)NC(=O)N/N=C/c1c[nH]c2ccc(-c3cccc(C(=O)O)c3Br)cc12. The van der Waals surface area contributed by atoms with Crippen molar-refractivity contribution in [2.75, 3.05) is 0 Å². The minimum Gasteiger partial charge on any atom is -0.478 e. The third kappa shape index (κ3) is 5.37. The van der Waals surface area contributed by atoms with Crippen molar-refractivity contribution in [3.05, 3.63) is 58.2 Å². The Labute approximate surface area is 186 Å². The van der Waals surface area contributed by atoms with Crippen LogP contribution in [-0.4, -0.2) is 34.2 Å². The number of hydrogen-bond donors (Lipinski definition) is 4. The van der Waals surface area contributed by atoms with Gasteiger partial charge in [-0.1, -0.05) is 31.5 Å². The average Bonchev–Trinajstić information content (AvgIpc) is 3.14. The van der Waals surface area contributed by atoms with Crippen molar-refractivity contribution in [1.82, 2.24) is 15.7 Å². The van der Waals surface area contributed by atoms with E-state index in [0.717, 1.165) is 34.0 Å². The maximum atomic E-state index is 11.8. The van der Waals surface area contributed by atoms with E-state index in [0.29, 0.717) is 10.9 Å². The van der Waals surface area contributed by atoms with Gasteiger partial charge < -0.3 is 10.1 Å². The van der Waals surface area contributed by atoms with Crippen LogP contribution in [0, 0.1) is 0 Å². The molecule has 0 saturated heterocycles. The zero-order valence-corrected chi connectivity index (χ0v) is 18.3. The number of aromatic amines is 1. The molecule has 1 heterocycles. The third-order valence-electron chi connectivity index (χ3n) is 4.63. The first kappa shape index (κ1) is 22.2. The van der Waals surface area contributed by atoms with Crippen molar-refractivity contribution in [2.45, 2.75) is 26.2 Å². The normalized spacial score (nSPS) is 11.0. The van der Waals surface area contributed by atoms with Gasteiger partial charge >= 0.3 is 12.0 Å². The highest BCUT2D eigenvalue weighted by Gasteiger charge is 2.14. The number of carbonyl (C=O) groups excluding carboxylic acids is 2. The maximum Gasteiger partial charge on any atom is 0.341 e. The summed E-state index contributed by atoms with van der Waals surface area (Å²) in [6.07, 6.45) is 5.09. The van der Waals surface area contributed by atoms with Crippen molar-refractivity contribution in [2.24, 2.45) is 5.10 Å². The van der Waals surface area contributed by atoms with Gasteiger partial charge in [-0.25, -0.2) is 15.0 Å². The van der Waals surface area contributed by atoms with Gasteiger partial charge in [0.1, 0.15) is 0 Å². The second-order valence-electron chi connectivity index (χ2n) is 6.83. The molecule has 3 aromatic rings. The number of fused-ring (bicyclic) bond motifs is 1. The van der Waals surface area contributed by atoms with Gasteiger partial charge in [-0.15, -0.1) is 0 Å². The van der Waals surface area contributed by atoms with Crippen LogP contribution in [0.15, 0.2) is 52.2 Å². The van der Waals surface area contributed by atoms with E-state index in [-0.39, 0.29) is 17.9 Å². The molecule has 0 radical (unpaired) electrons. The molecular formula is C22H21BrN4O4. The Morgan fingerprint density at radius 1 is 1.23 bits per heavy atom. The maximum absolute atomic E-state index is 11.8. The van der Waals surface area contributed by atoms with Crippen molar-refractivity contribution < 1.29 is 19.5 Å². The second kappa shape index (κ2) is 10.0. The standard InChI is InChI=1S/C22H21BrN4O4/c1-2-3-7-19(28)26-22(31)27-25-12-14-11-24-18-9-8-13(10-17(14)18)15-5-4-6-16(20(15)23)21(29)30/h4-6,8-12,24H,2-3,7H2,1H3,(H,29,30)(H2,26,27,28,31)/b25-12+. The van der Waals surface area contributed by atoms with Crippen LogP contribution < -0.4 is 10.7 Å². The summed E-state index contributed by atoms with van der Waals surface area (Å²) < 4.78 is 0.499. The molecule has 0 bridgehead atoms. The Morgan fingerprint density at radius 2 is 2.03 bits per heavy atom. The molecule has 3 amide bonds. The molecule has 4 N–H and O–H groups in total. The van der Waals surface area contributed by atoms with E-state index >= 15 is 0 Å². The molecule has 2 aromatic carbocycles. The first-order valence-corrected chi connectivity index (χ1v) is 10.5. The average molecular weight is 485 g/mol. The van der Waals surface area contributed by atoms with Gasteiger partial charge in [0.25, 0.3) is 0 Å². The van der Waals surface area contributed by atoms with Gasteiger partial charge in [-0.05, 0) is 51.7 Å². The molecule has 8 nitrogen and oxygen atoms in total. The fourth-order valence-corrected chi connectivity index (χ4v) is 3.71. The predicted octanol–water partition coefficient (Wildman–Crippen LogP) is 4.65. The van der Waals surface area contributed by atoms with Crippen LogP contribution in [0.1, 0.15) is 42.1 Å². The number of nitrogens with zero attached hydrogens (tertiary/aromatic N) is 1. The summed E-state index contributed by atoms with van der Waals surface area (Å²) in [6.45, 7) is 1.96. The van der Waals surface area contributed by atoms with Crippen LogP contribution in [0.5, 0.6) is 0 Å². The molecule has 0 aliphatic carbocycles. The Kier molecular flexibility index (Phi) is 7.19. The molecule has 3 rings (SSSR count). The summed E-state index contributed by atoms with van der Waals surface area (Å²) in [7, 11) is 0. The van der Waals surface area contributed by atoms with E-state index in [1.165, 1.54) is 12.3 Å². The number of nitrogens with one attached hydrogen (secondary N) is 3. The Balaban J connectivity index is 1.79. The monoisotopic (exact) mass is 484 g/mol. The van der Waals surface area contributed by atoms with Crippen LogP contribution in [0.25, 0.3) is 22.0 Å². The van der Waals surface area contributed by atoms with Crippen molar-refractivity contribution in [3.63, 3.8) is 0 Å². The first-order chi connectivity index (χ1) is 14.9. The minimum atomic E-state index is -1.01. The summed E-state index contributed by atoms with van der Waals surface area (Å²) in [6, 6.07) is 10.1. The summed E-state index contributed by atoms with van der Waals surface area (Å²) in [5, 5.41) is 16.3. The number of carboxylic acid groups (broad SMARTS) is 1. The lowest BCUT2D eigenvalue weighted by molar-refractivity contribution is -0.120. The van der Waals surface area contributed by atoms with Crippen molar-refractivity contribution in [3.8, 4) is 11.1 Å². The third-order valence-corrected chi connectivity index (χ3v) is 5.49. The highest BCUT2D eigenvalue weighted by Crippen LogP contribution is 2.33. The van der Waals surface area contributed by atoms with Gasteiger partial charge in [0.05, 0.1) is 11.8 Å². The Morgan fingerprint density at radius 3 is 2.77 bits per heavy atom. The number of imide groups is 1. The van der Waals surface area contributed by atoms with Gasteiger partial charge in [-0.3, -0.25) is 10.1 Å². The van der Waals surface area contributed by atoms with Crippen molar-refractivity contribution in [1.29, 1.82) is 0 Å². The van der Waals surface area contributed by atoms with E-state index in [9.17, 15) is 19.5 Å². The highest BCUT2D eigenvalue weighted by molar-refractivity contribution is 9.10. The predicted molar refractivity (Wildman–Crippen MR) is 122 cm³/mol. The summed E-state index contributed by atoms with van der Waals surface area (Å²) in [5.41, 5.74) is 5.60. The van der Waals surface area contributed by atoms with E-state index in [1.54, 1.807) is 12.3 Å². The molecule has 160 valence electrons. The number of amides is 3. The van der Waals surface area contributed by atoms with E-state index < -0.39 is 12.0 Å². The lowest BCUT2D eigenvalue weighted by atomic mass is 10.0. The quantitative estimate of drug-likeness (QED) is 0.287. The number of rotatable bonds is 7. The number of hydrogen-bond acceptors (Lipinski definition) is 4. The minimum absolute atomic E-state index is 0.178. The lowest BCUT2D eigenvalue weighted by Crippen LogP contribution is -2.36. The summed E-state index contributed by atoms with van der Waals surface area (Å²) in [5.74, 6) is -1.36. The molecule has 0 atom stereocenters. The van der Waals surface area contributed by atoms with Gasteiger partial charge in [0, 0.05) is 33.6 Å². The summed E-state index contributed by atoms with van der Waals surface area (Å²) >= 11 is 3.39. The second-order valence-corrected chi connectivity index (χ2v) is 7.62. The van der Waals surface area contributed by atoms with E-state index in [2.05, 4.69) is 36.8 Å². The number of carboxylic acids is 1. The molecule has 0 spiro atoms. The number of halogens is 1. The van der Waals surface area contributed by atoms with Gasteiger partial charge in [0.15, 0.2) is 0 Å². The number of aromatic nitrogens is 1. The van der Waals surface area contributed by atoms with Crippen molar-refractivity contribution >= 4 is 51.0 Å². The molecule has 1 aromatic heterocycles. The fourth-order valence-electron chi connectivity index (χ4n) is 3.05. The largest absolute Gasteiger partial charge is 0.478 e. The molecular weight excluding hydrogens is 464 g/mol. The Bertz CT molecular complexity index is 1170. The molecule has 0 unspecified atom stereocenters. The molecule has 31 heavy (non-hydrogen) atoms. The molecule has 0 aliphatic heterocycles. The Hall–Kier alpha value is -3.46. The van der Waals surface area contributed by atoms with Gasteiger partial charge in [-0.2, -0.15) is 5.10 Å². The number of urea groups is 1. The molecule has 0 saturated carbocycles. The number of unbranched alkanes of at least 4 members (excludes halogenated alkanes) is 1. The topological polar surface area (TPSA) is 124 Å². The smallest absolute Gasteiger partial charge is 0.341 e. The number of carbonyl (C=O) groups is 3. The van der Waals surface area contributed by atoms with E-state index in [4.69, 9.17) is 0 Å². The fraction of sp³-hybridized carbons (Fsp3) is 0.182. The van der Waals surface area contributed by atoms with Gasteiger partial charge in [0.2, 0.25) is 5.91 Å². The van der Waals surface area contributed by atoms with Crippen LogP contribution in [0.3, 0.4) is 0 Å². The lowest BCUT2D eigenvalue weighted by Gasteiger charge is -2.08. The van der Waals surface area contributed by atoms with Crippen LogP contribution >= 0.6 is 15.9 Å². The van der Waals surface area contributed by atoms with Crippen LogP contribution in [0.2, 0.25) is 0 Å².